The molecule has 2 aromatic carbocycles. The van der Waals surface area contributed by atoms with E-state index < -0.39 is 15.9 Å². The van der Waals surface area contributed by atoms with Crippen LogP contribution < -0.4 is 5.32 Å². The highest BCUT2D eigenvalue weighted by molar-refractivity contribution is 9.10. The summed E-state index contributed by atoms with van der Waals surface area (Å²) in [6.07, 6.45) is 0. The quantitative estimate of drug-likeness (QED) is 0.627. The van der Waals surface area contributed by atoms with E-state index in [4.69, 9.17) is 4.84 Å². The summed E-state index contributed by atoms with van der Waals surface area (Å²) in [4.78, 5) is 30.7. The Hall–Kier alpha value is -2.27. The minimum absolute atomic E-state index is 0.0891. The van der Waals surface area contributed by atoms with E-state index in [0.29, 0.717) is 10.2 Å². The first-order valence-corrected chi connectivity index (χ1v) is 10.3. The van der Waals surface area contributed by atoms with Crippen molar-refractivity contribution in [2.24, 2.45) is 0 Å². The van der Waals surface area contributed by atoms with Gasteiger partial charge in [0, 0.05) is 24.1 Å². The lowest BCUT2D eigenvalue weighted by Gasteiger charge is -2.18. The SMILES string of the molecule is CON(C)S(=O)(=O)c1cccc(C(=O)N(C)CC(=O)Nc2ccccc2Br)c1. The lowest BCUT2D eigenvalue weighted by atomic mass is 10.2. The van der Waals surface area contributed by atoms with Gasteiger partial charge in [0.1, 0.15) is 0 Å². The van der Waals surface area contributed by atoms with E-state index in [9.17, 15) is 18.0 Å². The fourth-order valence-electron chi connectivity index (χ4n) is 2.30. The van der Waals surface area contributed by atoms with Gasteiger partial charge in [-0.3, -0.25) is 14.4 Å². The van der Waals surface area contributed by atoms with Gasteiger partial charge in [-0.1, -0.05) is 22.7 Å². The molecule has 0 saturated heterocycles. The summed E-state index contributed by atoms with van der Waals surface area (Å²) in [6, 6.07) is 12.7. The Morgan fingerprint density at radius 3 is 2.43 bits per heavy atom. The highest BCUT2D eigenvalue weighted by atomic mass is 79.9. The third kappa shape index (κ3) is 5.16. The Bertz CT molecular complexity index is 981. The number of benzene rings is 2. The normalized spacial score (nSPS) is 11.3. The number of hydroxylamine groups is 1. The number of anilines is 1. The van der Waals surface area contributed by atoms with Crippen LogP contribution in [0.25, 0.3) is 0 Å². The second-order valence-corrected chi connectivity index (χ2v) is 8.60. The Kier molecular flexibility index (Phi) is 7.30. The molecule has 1 N–H and O–H groups in total. The van der Waals surface area contributed by atoms with E-state index in [0.717, 1.165) is 4.47 Å². The van der Waals surface area contributed by atoms with Crippen molar-refractivity contribution in [3.8, 4) is 0 Å². The number of rotatable bonds is 7. The molecule has 10 heteroatoms. The van der Waals surface area contributed by atoms with Crippen LogP contribution in [0.2, 0.25) is 0 Å². The Morgan fingerprint density at radius 1 is 1.11 bits per heavy atom. The lowest BCUT2D eigenvalue weighted by molar-refractivity contribution is -0.116. The molecule has 0 saturated carbocycles. The van der Waals surface area contributed by atoms with E-state index >= 15 is 0 Å². The van der Waals surface area contributed by atoms with Crippen molar-refractivity contribution in [3.63, 3.8) is 0 Å². The molecule has 0 aliphatic carbocycles. The first kappa shape index (κ1) is 22.0. The number of nitrogens with zero attached hydrogens (tertiary/aromatic N) is 2. The van der Waals surface area contributed by atoms with Crippen molar-refractivity contribution in [3.05, 3.63) is 58.6 Å². The molecule has 0 aromatic heterocycles. The standard InChI is InChI=1S/C18H20BrN3O5S/c1-21(12-17(23)20-16-10-5-4-9-15(16)19)18(24)13-7-6-8-14(11-13)28(25,26)22(2)27-3/h4-11H,12H2,1-3H3,(H,20,23). The van der Waals surface area contributed by atoms with Gasteiger partial charge in [0.05, 0.1) is 24.2 Å². The molecule has 0 atom stereocenters. The Labute approximate surface area is 172 Å². The minimum Gasteiger partial charge on any atom is -0.332 e. The zero-order valence-corrected chi connectivity index (χ0v) is 18.0. The average molecular weight is 470 g/mol. The molecule has 0 aliphatic rings. The highest BCUT2D eigenvalue weighted by Crippen LogP contribution is 2.21. The molecule has 28 heavy (non-hydrogen) atoms. The molecule has 8 nitrogen and oxygen atoms in total. The molecule has 0 spiro atoms. The van der Waals surface area contributed by atoms with Gasteiger partial charge in [0.25, 0.3) is 15.9 Å². The predicted molar refractivity (Wildman–Crippen MR) is 108 cm³/mol. The summed E-state index contributed by atoms with van der Waals surface area (Å²) in [5.74, 6) is -0.870. The number of para-hydroxylation sites is 1. The largest absolute Gasteiger partial charge is 0.332 e. The van der Waals surface area contributed by atoms with Crippen LogP contribution in [0.5, 0.6) is 0 Å². The molecule has 0 radical (unpaired) electrons. The molecular formula is C18H20BrN3O5S. The van der Waals surface area contributed by atoms with Gasteiger partial charge in [-0.25, -0.2) is 8.42 Å². The Morgan fingerprint density at radius 2 is 1.79 bits per heavy atom. The molecule has 0 fully saturated rings. The number of hydrogen-bond acceptors (Lipinski definition) is 5. The minimum atomic E-state index is -3.88. The average Bonchev–Trinajstić information content (AvgIpc) is 2.68. The first-order valence-electron chi connectivity index (χ1n) is 8.09. The number of sulfonamides is 1. The van der Waals surface area contributed by atoms with Gasteiger partial charge in [-0.05, 0) is 46.3 Å². The summed E-state index contributed by atoms with van der Waals surface area (Å²) < 4.78 is 26.1. The van der Waals surface area contributed by atoms with Crippen LogP contribution in [0, 0.1) is 0 Å². The topological polar surface area (TPSA) is 96.0 Å². The van der Waals surface area contributed by atoms with Gasteiger partial charge >= 0.3 is 0 Å². The van der Waals surface area contributed by atoms with E-state index in [1.54, 1.807) is 18.2 Å². The van der Waals surface area contributed by atoms with E-state index in [2.05, 4.69) is 21.2 Å². The monoisotopic (exact) mass is 469 g/mol. The van der Waals surface area contributed by atoms with Crippen molar-refractivity contribution in [2.45, 2.75) is 4.90 Å². The van der Waals surface area contributed by atoms with Crippen LogP contribution in [-0.4, -0.2) is 57.4 Å². The van der Waals surface area contributed by atoms with Crippen LogP contribution in [-0.2, 0) is 19.7 Å². The van der Waals surface area contributed by atoms with Gasteiger partial charge in [-0.15, -0.1) is 0 Å². The van der Waals surface area contributed by atoms with Crippen molar-refractivity contribution >= 4 is 43.5 Å². The zero-order valence-electron chi connectivity index (χ0n) is 15.5. The molecule has 2 rings (SSSR count). The maximum absolute atomic E-state index is 12.6. The second-order valence-electron chi connectivity index (χ2n) is 5.81. The van der Waals surface area contributed by atoms with Crippen molar-refractivity contribution in [1.29, 1.82) is 0 Å². The number of hydrogen-bond donors (Lipinski definition) is 1. The van der Waals surface area contributed by atoms with Crippen molar-refractivity contribution in [1.82, 2.24) is 9.37 Å². The van der Waals surface area contributed by atoms with Crippen LogP contribution in [0.1, 0.15) is 10.4 Å². The molecule has 0 bridgehead atoms. The fraction of sp³-hybridized carbons (Fsp3) is 0.222. The summed E-state index contributed by atoms with van der Waals surface area (Å²) in [6.45, 7) is -0.199. The van der Waals surface area contributed by atoms with Crippen molar-refractivity contribution in [2.75, 3.05) is 33.1 Å². The zero-order chi connectivity index (χ0) is 20.9. The number of amides is 2. The van der Waals surface area contributed by atoms with Crippen LogP contribution in [0.4, 0.5) is 5.69 Å². The van der Waals surface area contributed by atoms with E-state index in [1.807, 2.05) is 6.07 Å². The summed E-state index contributed by atoms with van der Waals surface area (Å²) in [5.41, 5.74) is 0.728. The molecule has 150 valence electrons. The number of nitrogens with one attached hydrogen (secondary N) is 1. The maximum Gasteiger partial charge on any atom is 0.264 e. The number of carbonyl (C=O) groups excluding carboxylic acids is 2. The molecule has 0 heterocycles. The molecule has 2 amide bonds. The second kappa shape index (κ2) is 9.28. The van der Waals surface area contributed by atoms with Crippen LogP contribution >= 0.6 is 15.9 Å². The third-order valence-electron chi connectivity index (χ3n) is 3.85. The summed E-state index contributed by atoms with van der Waals surface area (Å²) in [7, 11) is 0.0575. The van der Waals surface area contributed by atoms with Gasteiger partial charge < -0.3 is 10.2 Å². The van der Waals surface area contributed by atoms with E-state index in [-0.39, 0.29) is 22.9 Å². The first-order chi connectivity index (χ1) is 13.2. The summed E-state index contributed by atoms with van der Waals surface area (Å²) in [5, 5.41) is 2.71. The molecular weight excluding hydrogens is 450 g/mol. The molecule has 0 unspecified atom stereocenters. The number of likely N-dealkylation sites (N-methyl/N-ethyl adjacent to an activating group) is 1. The predicted octanol–water partition coefficient (Wildman–Crippen LogP) is 2.34. The highest BCUT2D eigenvalue weighted by Gasteiger charge is 2.23. The van der Waals surface area contributed by atoms with Crippen molar-refractivity contribution < 1.29 is 22.8 Å². The molecule has 0 aliphatic heterocycles. The van der Waals surface area contributed by atoms with Gasteiger partial charge in [0.15, 0.2) is 0 Å². The van der Waals surface area contributed by atoms with Gasteiger partial charge in [0.2, 0.25) is 5.91 Å². The number of carbonyl (C=O) groups is 2. The van der Waals surface area contributed by atoms with E-state index in [1.165, 1.54) is 50.4 Å². The van der Waals surface area contributed by atoms with Crippen LogP contribution in [0.3, 0.4) is 0 Å². The lowest BCUT2D eigenvalue weighted by Crippen LogP contribution is -2.35. The Balaban J connectivity index is 2.12. The third-order valence-corrected chi connectivity index (χ3v) is 6.22. The van der Waals surface area contributed by atoms with Crippen LogP contribution in [0.15, 0.2) is 57.9 Å². The summed E-state index contributed by atoms with van der Waals surface area (Å²) >= 11 is 3.33. The fourth-order valence-corrected chi connectivity index (χ4v) is 3.70. The molecule has 2 aromatic rings. The smallest absolute Gasteiger partial charge is 0.264 e. The van der Waals surface area contributed by atoms with Gasteiger partial charge in [-0.2, -0.15) is 0 Å². The maximum atomic E-state index is 12.6. The number of halogens is 1.